The van der Waals surface area contributed by atoms with E-state index in [9.17, 15) is 13.2 Å². The maximum absolute atomic E-state index is 13.8. The van der Waals surface area contributed by atoms with E-state index in [2.05, 4.69) is 0 Å². The van der Waals surface area contributed by atoms with E-state index < -0.39 is 20.3 Å². The van der Waals surface area contributed by atoms with Gasteiger partial charge in [-0.25, -0.2) is 13.2 Å². The normalized spacial score (nSPS) is 12.9. The molecule has 0 saturated carbocycles. The first-order valence-electron chi connectivity index (χ1n) is 5.51. The molecule has 1 atom stereocenters. The molecule has 0 bridgehead atoms. The third kappa shape index (κ3) is 2.91. The topological polar surface area (TPSA) is 0 Å². The van der Waals surface area contributed by atoms with E-state index in [1.807, 2.05) is 0 Å². The van der Waals surface area contributed by atoms with Gasteiger partial charge in [0.2, 0.25) is 0 Å². The summed E-state index contributed by atoms with van der Waals surface area (Å²) in [5.74, 6) is -2.13. The predicted molar refractivity (Wildman–Crippen MR) is 70.0 cm³/mol. The monoisotopic (exact) mass is 268 g/mol. The first-order chi connectivity index (χ1) is 8.70. The zero-order chi connectivity index (χ0) is 13.0. The van der Waals surface area contributed by atoms with Crippen molar-refractivity contribution in [1.82, 2.24) is 0 Å². The van der Waals surface area contributed by atoms with Gasteiger partial charge in [0.15, 0.2) is 5.91 Å². The molecule has 4 heteroatoms. The second-order valence-corrected chi connectivity index (χ2v) is 6.01. The van der Waals surface area contributed by atoms with Crippen LogP contribution in [0.15, 0.2) is 60.7 Å². The maximum Gasteiger partial charge on any atom is 0.273 e. The fourth-order valence-corrected chi connectivity index (χ4v) is 3.80. The molecule has 2 aromatic rings. The van der Waals surface area contributed by atoms with E-state index in [4.69, 9.17) is 0 Å². The molecule has 0 aliphatic rings. The van der Waals surface area contributed by atoms with Crippen LogP contribution in [0.3, 0.4) is 0 Å². The van der Waals surface area contributed by atoms with Gasteiger partial charge in [0.1, 0.15) is 0 Å². The van der Waals surface area contributed by atoms with Crippen LogP contribution in [-0.4, -0.2) is 12.3 Å². The van der Waals surface area contributed by atoms with Crippen molar-refractivity contribution in [2.45, 2.75) is 12.3 Å². The molecule has 0 N–H and O–H groups in total. The van der Waals surface area contributed by atoms with Crippen molar-refractivity contribution in [3.05, 3.63) is 60.7 Å². The molecule has 94 valence electrons. The van der Waals surface area contributed by atoms with Gasteiger partial charge in [-0.15, -0.1) is 0 Å². The van der Waals surface area contributed by atoms with Gasteiger partial charge in [0.25, 0.3) is 6.43 Å². The van der Waals surface area contributed by atoms with Crippen molar-refractivity contribution in [1.29, 1.82) is 0 Å². The van der Waals surface area contributed by atoms with Crippen molar-refractivity contribution in [3.63, 3.8) is 0 Å². The van der Waals surface area contributed by atoms with Crippen LogP contribution in [0.25, 0.3) is 0 Å². The number of alkyl halides is 3. The highest BCUT2D eigenvalue weighted by atomic mass is 31.1. The van der Waals surface area contributed by atoms with E-state index in [0.717, 1.165) is 0 Å². The Labute approximate surface area is 105 Å². The first-order valence-corrected chi connectivity index (χ1v) is 6.93. The van der Waals surface area contributed by atoms with Crippen LogP contribution in [-0.2, 0) is 0 Å². The Morgan fingerprint density at radius 1 is 0.667 bits per heavy atom. The first kappa shape index (κ1) is 13.1. The molecular weight excluding hydrogens is 256 g/mol. The van der Waals surface area contributed by atoms with Crippen LogP contribution in [0.4, 0.5) is 13.2 Å². The Hall–Kier alpha value is -1.34. The molecule has 0 heterocycles. The van der Waals surface area contributed by atoms with Gasteiger partial charge < -0.3 is 0 Å². The minimum Gasteiger partial charge on any atom is -0.235 e. The van der Waals surface area contributed by atoms with Crippen molar-refractivity contribution in [3.8, 4) is 0 Å². The van der Waals surface area contributed by atoms with Crippen LogP contribution in [0.1, 0.15) is 0 Å². The Bertz CT molecular complexity index is 433. The largest absolute Gasteiger partial charge is 0.273 e. The number of rotatable bonds is 4. The lowest BCUT2D eigenvalue weighted by Crippen LogP contribution is -2.23. The van der Waals surface area contributed by atoms with E-state index in [1.165, 1.54) is 0 Å². The quantitative estimate of drug-likeness (QED) is 0.742. The molecule has 0 aliphatic carbocycles. The molecule has 2 rings (SSSR count). The molecule has 0 fully saturated rings. The van der Waals surface area contributed by atoms with Crippen LogP contribution in [0.5, 0.6) is 0 Å². The van der Waals surface area contributed by atoms with Gasteiger partial charge in [0, 0.05) is 0 Å². The standard InChI is InChI=1S/C14H12F3P/c15-13(16)14(17)18(11-7-3-1-4-8-11)12-9-5-2-6-10-12/h1-10,13-14H. The van der Waals surface area contributed by atoms with E-state index in [1.54, 1.807) is 60.7 Å². The third-order valence-corrected chi connectivity index (χ3v) is 4.95. The minimum absolute atomic E-state index is 0.631. The van der Waals surface area contributed by atoms with Crippen LogP contribution < -0.4 is 10.6 Å². The van der Waals surface area contributed by atoms with Crippen molar-refractivity contribution >= 4 is 18.5 Å². The molecule has 0 saturated heterocycles. The molecule has 18 heavy (non-hydrogen) atoms. The highest BCUT2D eigenvalue weighted by Gasteiger charge is 2.31. The summed E-state index contributed by atoms with van der Waals surface area (Å²) in [4.78, 5) is 0. The van der Waals surface area contributed by atoms with Crippen molar-refractivity contribution in [2.24, 2.45) is 0 Å². The maximum atomic E-state index is 13.8. The van der Waals surface area contributed by atoms with Gasteiger partial charge in [-0.3, -0.25) is 0 Å². The van der Waals surface area contributed by atoms with Crippen molar-refractivity contribution in [2.75, 3.05) is 0 Å². The second kappa shape index (κ2) is 6.01. The summed E-state index contributed by atoms with van der Waals surface area (Å²) in [5.41, 5.74) is 0. The highest BCUT2D eigenvalue weighted by molar-refractivity contribution is 7.73. The van der Waals surface area contributed by atoms with Crippen LogP contribution in [0, 0.1) is 0 Å². The lowest BCUT2D eigenvalue weighted by molar-refractivity contribution is 0.0933. The summed E-state index contributed by atoms with van der Waals surface area (Å²) < 4.78 is 39.2. The lowest BCUT2D eigenvalue weighted by atomic mass is 10.4. The smallest absolute Gasteiger partial charge is 0.235 e. The van der Waals surface area contributed by atoms with E-state index in [0.29, 0.717) is 10.6 Å². The highest BCUT2D eigenvalue weighted by Crippen LogP contribution is 2.42. The summed E-state index contributed by atoms with van der Waals surface area (Å²) in [6, 6.07) is 17.4. The fraction of sp³-hybridized carbons (Fsp3) is 0.143. The molecule has 0 radical (unpaired) electrons. The summed E-state index contributed by atoms with van der Waals surface area (Å²) >= 11 is 0. The Morgan fingerprint density at radius 2 is 1.06 bits per heavy atom. The Balaban J connectivity index is 2.42. The lowest BCUT2D eigenvalue weighted by Gasteiger charge is -2.21. The number of hydrogen-bond donors (Lipinski definition) is 0. The molecule has 0 spiro atoms. The molecule has 0 amide bonds. The number of benzene rings is 2. The fourth-order valence-electron chi connectivity index (χ4n) is 1.72. The van der Waals surface area contributed by atoms with E-state index in [-0.39, 0.29) is 0 Å². The molecular formula is C14H12F3P. The summed E-state index contributed by atoms with van der Waals surface area (Å²) in [6.45, 7) is 0. The Morgan fingerprint density at radius 3 is 1.39 bits per heavy atom. The van der Waals surface area contributed by atoms with Crippen molar-refractivity contribution < 1.29 is 13.2 Å². The Kier molecular flexibility index (Phi) is 4.38. The van der Waals surface area contributed by atoms with E-state index >= 15 is 0 Å². The summed E-state index contributed by atoms with van der Waals surface area (Å²) in [5, 5.41) is 1.26. The predicted octanol–water partition coefficient (Wildman–Crippen LogP) is 3.68. The average Bonchev–Trinajstić information content (AvgIpc) is 2.41. The summed E-state index contributed by atoms with van der Waals surface area (Å²) in [7, 11) is -1.67. The molecule has 0 nitrogen and oxygen atoms in total. The second-order valence-electron chi connectivity index (χ2n) is 3.75. The molecule has 1 unspecified atom stereocenters. The molecule has 0 aromatic heterocycles. The SMILES string of the molecule is FC(F)C(F)P(c1ccccc1)c1ccccc1. The average molecular weight is 268 g/mol. The van der Waals surface area contributed by atoms with Gasteiger partial charge in [-0.05, 0) is 18.5 Å². The van der Waals surface area contributed by atoms with Gasteiger partial charge in [0.05, 0.1) is 0 Å². The van der Waals surface area contributed by atoms with Crippen LogP contribution in [0.2, 0.25) is 0 Å². The number of hydrogen-bond acceptors (Lipinski definition) is 0. The zero-order valence-corrected chi connectivity index (χ0v) is 10.4. The van der Waals surface area contributed by atoms with Gasteiger partial charge in [-0.2, -0.15) is 0 Å². The summed E-state index contributed by atoms with van der Waals surface area (Å²) in [6.07, 6.45) is -2.96. The van der Waals surface area contributed by atoms with Gasteiger partial charge >= 0.3 is 0 Å². The molecule has 2 aromatic carbocycles. The third-order valence-electron chi connectivity index (χ3n) is 2.52. The minimum atomic E-state index is -2.96. The number of halogens is 3. The van der Waals surface area contributed by atoms with Crippen LogP contribution >= 0.6 is 7.92 Å². The molecule has 0 aliphatic heterocycles. The zero-order valence-electron chi connectivity index (χ0n) is 9.51. The van der Waals surface area contributed by atoms with Gasteiger partial charge in [-0.1, -0.05) is 60.7 Å².